The van der Waals surface area contributed by atoms with Gasteiger partial charge in [-0.2, -0.15) is 0 Å². The summed E-state index contributed by atoms with van der Waals surface area (Å²) >= 11 is 0. The van der Waals surface area contributed by atoms with Gasteiger partial charge >= 0.3 is 12.1 Å². The third-order valence-electron chi connectivity index (χ3n) is 2.22. The van der Waals surface area contributed by atoms with E-state index in [2.05, 4.69) is 4.74 Å². The Morgan fingerprint density at radius 2 is 2.00 bits per heavy atom. The summed E-state index contributed by atoms with van der Waals surface area (Å²) in [5.74, 6) is -0.544. The molecule has 0 unspecified atom stereocenters. The van der Waals surface area contributed by atoms with Crippen molar-refractivity contribution in [3.8, 4) is 0 Å². The topological polar surface area (TPSA) is 91.1 Å². The van der Waals surface area contributed by atoms with Crippen molar-refractivity contribution in [1.82, 2.24) is 4.90 Å². The maximum Gasteiger partial charge on any atom is 0.410 e. The molecule has 0 aromatic rings. The molecule has 0 aromatic carbocycles. The minimum absolute atomic E-state index is 0.130. The van der Waals surface area contributed by atoms with Crippen LogP contribution in [0.3, 0.4) is 0 Å². The molecule has 0 atom stereocenters. The minimum atomic E-state index is -0.544. The lowest BCUT2D eigenvalue weighted by Crippen LogP contribution is -2.41. The van der Waals surface area contributed by atoms with E-state index in [1.54, 1.807) is 6.92 Å². The van der Waals surface area contributed by atoms with Crippen molar-refractivity contribution in [2.24, 2.45) is 5.73 Å². The first-order valence-corrected chi connectivity index (χ1v) is 5.75. The first-order valence-electron chi connectivity index (χ1n) is 5.75. The van der Waals surface area contributed by atoms with Crippen molar-refractivity contribution in [2.75, 3.05) is 39.5 Å². The number of esters is 1. The number of carbonyl (C=O) groups excluding carboxylic acids is 2. The first kappa shape index (κ1) is 14.3. The second kappa shape index (κ2) is 7.54. The summed E-state index contributed by atoms with van der Waals surface area (Å²) < 4.78 is 14.7. The molecule has 0 aliphatic carbocycles. The van der Waals surface area contributed by atoms with Gasteiger partial charge in [-0.05, 0) is 6.92 Å². The number of amides is 1. The normalized spacial score (nSPS) is 16.3. The van der Waals surface area contributed by atoms with Gasteiger partial charge in [0, 0.05) is 19.2 Å². The first-order chi connectivity index (χ1) is 8.63. The van der Waals surface area contributed by atoms with Crippen molar-refractivity contribution in [1.29, 1.82) is 0 Å². The van der Waals surface area contributed by atoms with Crippen LogP contribution < -0.4 is 5.73 Å². The third kappa shape index (κ3) is 5.05. The molecule has 0 spiro atoms. The lowest BCUT2D eigenvalue weighted by atomic mass is 10.4. The zero-order valence-corrected chi connectivity index (χ0v) is 10.4. The number of carbonyl (C=O) groups is 2. The number of ether oxygens (including phenoxy) is 3. The molecule has 1 rings (SSSR count). The predicted octanol–water partition coefficient (Wildman–Crippen LogP) is -0.139. The molecule has 0 saturated carbocycles. The lowest BCUT2D eigenvalue weighted by molar-refractivity contribution is -0.137. The number of nitrogens with zero attached hydrogens (tertiary/aromatic N) is 1. The highest BCUT2D eigenvalue weighted by Crippen LogP contribution is 2.01. The average Bonchev–Trinajstić information content (AvgIpc) is 2.37. The van der Waals surface area contributed by atoms with E-state index in [1.165, 1.54) is 4.90 Å². The maximum absolute atomic E-state index is 11.6. The minimum Gasteiger partial charge on any atom is -0.463 e. The molecule has 0 aromatic heterocycles. The Morgan fingerprint density at radius 1 is 1.33 bits per heavy atom. The summed E-state index contributed by atoms with van der Waals surface area (Å²) in [7, 11) is 0. The largest absolute Gasteiger partial charge is 0.463 e. The van der Waals surface area contributed by atoms with Crippen LogP contribution in [0.4, 0.5) is 4.79 Å². The fraction of sp³-hybridized carbons (Fsp3) is 0.636. The monoisotopic (exact) mass is 258 g/mol. The van der Waals surface area contributed by atoms with Gasteiger partial charge in [-0.1, -0.05) is 0 Å². The van der Waals surface area contributed by atoms with Crippen LogP contribution in [-0.2, 0) is 19.0 Å². The Kier molecular flexibility index (Phi) is 5.99. The molecular formula is C11H18N2O5. The summed E-state index contributed by atoms with van der Waals surface area (Å²) in [5.41, 5.74) is 5.67. The van der Waals surface area contributed by atoms with Crippen molar-refractivity contribution >= 4 is 12.1 Å². The van der Waals surface area contributed by atoms with E-state index in [1.807, 2.05) is 0 Å². The van der Waals surface area contributed by atoms with Crippen LogP contribution in [0, 0.1) is 0 Å². The number of hydrogen-bond acceptors (Lipinski definition) is 6. The molecule has 0 bridgehead atoms. The number of morpholine rings is 1. The number of hydrogen-bond donors (Lipinski definition) is 1. The Labute approximate surface area is 105 Å². The molecule has 1 fully saturated rings. The van der Waals surface area contributed by atoms with Crippen LogP contribution >= 0.6 is 0 Å². The molecule has 1 heterocycles. The molecule has 1 aliphatic rings. The SMILES string of the molecule is CCOC(=O)C=C(N)COC(=O)N1CCOCC1. The van der Waals surface area contributed by atoms with Crippen LogP contribution in [0.25, 0.3) is 0 Å². The highest BCUT2D eigenvalue weighted by atomic mass is 16.6. The summed E-state index contributed by atoms with van der Waals surface area (Å²) in [6, 6.07) is 0. The fourth-order valence-electron chi connectivity index (χ4n) is 1.36. The smallest absolute Gasteiger partial charge is 0.410 e. The highest BCUT2D eigenvalue weighted by Gasteiger charge is 2.18. The second-order valence-corrected chi connectivity index (χ2v) is 3.63. The lowest BCUT2D eigenvalue weighted by Gasteiger charge is -2.25. The van der Waals surface area contributed by atoms with E-state index in [9.17, 15) is 9.59 Å². The molecule has 1 aliphatic heterocycles. The fourth-order valence-corrected chi connectivity index (χ4v) is 1.36. The predicted molar refractivity (Wildman–Crippen MR) is 62.6 cm³/mol. The van der Waals surface area contributed by atoms with Gasteiger partial charge in [-0.15, -0.1) is 0 Å². The summed E-state index contributed by atoms with van der Waals surface area (Å²) in [6.07, 6.45) is 0.648. The van der Waals surface area contributed by atoms with Crippen molar-refractivity contribution in [3.05, 3.63) is 11.8 Å². The second-order valence-electron chi connectivity index (χ2n) is 3.63. The van der Waals surface area contributed by atoms with E-state index >= 15 is 0 Å². The van der Waals surface area contributed by atoms with Gasteiger partial charge in [0.15, 0.2) is 0 Å². The molecule has 1 amide bonds. The van der Waals surface area contributed by atoms with Crippen LogP contribution in [0.15, 0.2) is 11.8 Å². The van der Waals surface area contributed by atoms with Crippen LogP contribution in [0.5, 0.6) is 0 Å². The van der Waals surface area contributed by atoms with Gasteiger partial charge in [0.2, 0.25) is 0 Å². The van der Waals surface area contributed by atoms with Crippen molar-refractivity contribution < 1.29 is 23.8 Å². The van der Waals surface area contributed by atoms with Crippen molar-refractivity contribution in [2.45, 2.75) is 6.92 Å². The van der Waals surface area contributed by atoms with Gasteiger partial charge < -0.3 is 24.8 Å². The Bertz CT molecular complexity index is 323. The molecule has 1 saturated heterocycles. The Balaban J connectivity index is 2.30. The third-order valence-corrected chi connectivity index (χ3v) is 2.22. The highest BCUT2D eigenvalue weighted by molar-refractivity contribution is 5.82. The van der Waals surface area contributed by atoms with E-state index < -0.39 is 12.1 Å². The van der Waals surface area contributed by atoms with Gasteiger partial charge in [-0.3, -0.25) is 0 Å². The summed E-state index contributed by atoms with van der Waals surface area (Å²) in [4.78, 5) is 24.1. The van der Waals surface area contributed by atoms with Gasteiger partial charge in [0.05, 0.1) is 25.5 Å². The molecule has 7 heteroatoms. The molecule has 2 N–H and O–H groups in total. The number of rotatable bonds is 4. The van der Waals surface area contributed by atoms with E-state index in [4.69, 9.17) is 15.2 Å². The Hall–Kier alpha value is -1.76. The van der Waals surface area contributed by atoms with Crippen LogP contribution in [0.1, 0.15) is 6.92 Å². The zero-order chi connectivity index (χ0) is 13.4. The maximum atomic E-state index is 11.6. The molecule has 0 radical (unpaired) electrons. The van der Waals surface area contributed by atoms with E-state index in [0.29, 0.717) is 26.3 Å². The summed E-state index contributed by atoms with van der Waals surface area (Å²) in [5, 5.41) is 0. The van der Waals surface area contributed by atoms with Gasteiger partial charge in [0.25, 0.3) is 0 Å². The van der Waals surface area contributed by atoms with Gasteiger partial charge in [0.1, 0.15) is 6.61 Å². The van der Waals surface area contributed by atoms with Crippen molar-refractivity contribution in [3.63, 3.8) is 0 Å². The molecule has 7 nitrogen and oxygen atoms in total. The van der Waals surface area contributed by atoms with E-state index in [-0.39, 0.29) is 18.9 Å². The van der Waals surface area contributed by atoms with Crippen LogP contribution in [0.2, 0.25) is 0 Å². The molecular weight excluding hydrogens is 240 g/mol. The zero-order valence-electron chi connectivity index (χ0n) is 10.4. The number of nitrogens with two attached hydrogens (primary N) is 1. The standard InChI is InChI=1S/C11H18N2O5/c1-2-17-10(14)7-9(12)8-18-11(15)13-3-5-16-6-4-13/h7H,2-6,8,12H2,1H3. The quantitative estimate of drug-likeness (QED) is 0.557. The van der Waals surface area contributed by atoms with Crippen LogP contribution in [-0.4, -0.2) is 56.5 Å². The average molecular weight is 258 g/mol. The molecule has 102 valence electrons. The van der Waals surface area contributed by atoms with Gasteiger partial charge in [-0.25, -0.2) is 9.59 Å². The van der Waals surface area contributed by atoms with E-state index in [0.717, 1.165) is 6.08 Å². The summed E-state index contributed by atoms with van der Waals surface area (Å²) in [6.45, 7) is 3.85. The molecule has 18 heavy (non-hydrogen) atoms. The Morgan fingerprint density at radius 3 is 2.61 bits per heavy atom.